The van der Waals surface area contributed by atoms with Crippen molar-refractivity contribution >= 4 is 65.4 Å². The third-order valence-corrected chi connectivity index (χ3v) is 7.40. The third kappa shape index (κ3) is 9.59. The van der Waals surface area contributed by atoms with Gasteiger partial charge in [0.2, 0.25) is 0 Å². The molecular formula is C4H10Cl4Si2. The normalized spacial score (nSPS) is 13.8. The summed E-state index contributed by atoms with van der Waals surface area (Å²) in [5, 5.41) is 0. The summed E-state index contributed by atoms with van der Waals surface area (Å²) >= 11 is 22.3. The Kier molecular flexibility index (Phi) is 8.41. The van der Waals surface area contributed by atoms with Crippen molar-refractivity contribution in [2.24, 2.45) is 0 Å². The van der Waals surface area contributed by atoms with E-state index >= 15 is 0 Å². The van der Waals surface area contributed by atoms with Crippen LogP contribution in [-0.4, -0.2) is 28.0 Å². The van der Waals surface area contributed by atoms with Crippen LogP contribution >= 0.6 is 46.4 Å². The third-order valence-electron chi connectivity index (χ3n) is 1.09. The lowest BCUT2D eigenvalue weighted by molar-refractivity contribution is 1.39. The second kappa shape index (κ2) is 7.25. The molecule has 0 aliphatic heterocycles. The summed E-state index contributed by atoms with van der Waals surface area (Å²) in [6.07, 6.45) is 0. The van der Waals surface area contributed by atoms with Crippen LogP contribution in [0.1, 0.15) is 0 Å². The van der Waals surface area contributed by atoms with E-state index in [2.05, 4.69) is 0 Å². The van der Waals surface area contributed by atoms with Crippen LogP contribution in [-0.2, 0) is 0 Å². The van der Waals surface area contributed by atoms with Crippen molar-refractivity contribution in [2.75, 3.05) is 0 Å². The van der Waals surface area contributed by atoms with Crippen molar-refractivity contribution in [3.8, 4) is 0 Å². The molecule has 0 bridgehead atoms. The average molecular weight is 256 g/mol. The molecule has 0 aromatic heterocycles. The van der Waals surface area contributed by atoms with Gasteiger partial charge >= 0.3 is 0 Å². The highest BCUT2D eigenvalue weighted by molar-refractivity contribution is 6.71. The van der Waals surface area contributed by atoms with Gasteiger partial charge in [0.05, 0.1) is 28.0 Å². The minimum Gasteiger partial charge on any atom is -0.110 e. The van der Waals surface area contributed by atoms with Crippen LogP contribution in [0.2, 0.25) is 12.1 Å². The second-order valence-corrected chi connectivity index (χ2v) is 10.9. The Morgan fingerprint density at radius 1 is 0.800 bits per heavy atom. The zero-order valence-corrected chi connectivity index (χ0v) is 11.3. The van der Waals surface area contributed by atoms with Gasteiger partial charge in [-0.05, 0) is 0 Å². The van der Waals surface area contributed by atoms with Crippen molar-refractivity contribution in [1.29, 1.82) is 0 Å². The van der Waals surface area contributed by atoms with E-state index in [1.54, 1.807) is 0 Å². The maximum absolute atomic E-state index is 5.57. The van der Waals surface area contributed by atoms with E-state index in [-0.39, 0.29) is 28.0 Å². The quantitative estimate of drug-likeness (QED) is 0.399. The fourth-order valence-corrected chi connectivity index (χ4v) is 5.38. The van der Waals surface area contributed by atoms with Crippen LogP contribution in [0.25, 0.3) is 0 Å². The van der Waals surface area contributed by atoms with Crippen LogP contribution in [0.4, 0.5) is 0 Å². The minimum absolute atomic E-state index is 0.0851. The highest BCUT2D eigenvalue weighted by Crippen LogP contribution is 2.06. The molecule has 0 N–H and O–H groups in total. The van der Waals surface area contributed by atoms with Gasteiger partial charge in [-0.15, -0.1) is 46.4 Å². The summed E-state index contributed by atoms with van der Waals surface area (Å²) in [6.45, 7) is 0. The molecule has 0 aromatic rings. The number of alkyl halides is 4. The summed E-state index contributed by atoms with van der Waals surface area (Å²) in [4.78, 5) is 0. The maximum Gasteiger partial charge on any atom is 0.0907 e. The van der Waals surface area contributed by atoms with Crippen LogP contribution in [0, 0.1) is 0 Å². The van der Waals surface area contributed by atoms with E-state index < -0.39 is 0 Å². The van der Waals surface area contributed by atoms with Crippen molar-refractivity contribution in [2.45, 2.75) is 21.0 Å². The summed E-state index contributed by atoms with van der Waals surface area (Å²) < 4.78 is -0.170. The molecule has 0 saturated carbocycles. The molecule has 0 fully saturated rings. The van der Waals surface area contributed by atoms with E-state index in [1.165, 1.54) is 12.1 Å². The first kappa shape index (κ1) is 11.6. The molecule has 0 saturated heterocycles. The topological polar surface area (TPSA) is 0 Å². The molecule has 0 unspecified atom stereocenters. The van der Waals surface area contributed by atoms with Crippen LogP contribution < -0.4 is 0 Å². The van der Waals surface area contributed by atoms with Crippen molar-refractivity contribution in [1.82, 2.24) is 0 Å². The Morgan fingerprint density at radius 3 is 1.30 bits per heavy atom. The van der Waals surface area contributed by atoms with Gasteiger partial charge in [-0.1, -0.05) is 12.1 Å². The lowest BCUT2D eigenvalue weighted by Crippen LogP contribution is -2.06. The molecule has 0 radical (unpaired) electrons. The first-order valence-electron chi connectivity index (χ1n) is 3.19. The van der Waals surface area contributed by atoms with E-state index in [0.29, 0.717) is 0 Å². The Balaban J connectivity index is 2.91. The van der Waals surface area contributed by atoms with Gasteiger partial charge in [-0.2, -0.15) is 0 Å². The molecule has 62 valence electrons. The lowest BCUT2D eigenvalue weighted by atomic mass is 10.9. The zero-order valence-electron chi connectivity index (χ0n) is 5.49. The fraction of sp³-hybridized carbons (Fsp3) is 1.00. The van der Waals surface area contributed by atoms with Crippen LogP contribution in [0.5, 0.6) is 0 Å². The van der Waals surface area contributed by atoms with E-state index in [1.807, 2.05) is 0 Å². The highest BCUT2D eigenvalue weighted by Gasteiger charge is 2.02. The van der Waals surface area contributed by atoms with Gasteiger partial charge in [0.15, 0.2) is 0 Å². The number of hydrogen-bond acceptors (Lipinski definition) is 0. The van der Waals surface area contributed by atoms with Gasteiger partial charge in [0.25, 0.3) is 0 Å². The van der Waals surface area contributed by atoms with Gasteiger partial charge in [0.1, 0.15) is 0 Å². The molecule has 0 amide bonds. The van der Waals surface area contributed by atoms with Gasteiger partial charge in [-0.25, -0.2) is 0 Å². The van der Waals surface area contributed by atoms with Gasteiger partial charge in [-0.3, -0.25) is 0 Å². The fourth-order valence-electron chi connectivity index (χ4n) is 0.597. The number of rotatable bonds is 5. The molecule has 6 heteroatoms. The molecule has 0 aliphatic rings. The standard InChI is InChI=1S/C4H10Cl4Si2/c5-3(6)9-1-2-10-4(7)8/h3-4H,1-2,9-10H2. The monoisotopic (exact) mass is 254 g/mol. The second-order valence-electron chi connectivity index (χ2n) is 2.07. The molecule has 0 heterocycles. The molecule has 0 atom stereocenters. The van der Waals surface area contributed by atoms with Crippen LogP contribution in [0.15, 0.2) is 0 Å². The van der Waals surface area contributed by atoms with Crippen molar-refractivity contribution in [3.05, 3.63) is 0 Å². The molecule has 0 nitrogen and oxygen atoms in total. The average Bonchev–Trinajstić information content (AvgIpc) is 1.79. The predicted octanol–water partition coefficient (Wildman–Crippen LogP) is 1.68. The van der Waals surface area contributed by atoms with Crippen molar-refractivity contribution < 1.29 is 0 Å². The number of hydrogen-bond donors (Lipinski definition) is 0. The molecule has 0 aliphatic carbocycles. The summed E-state index contributed by atoms with van der Waals surface area (Å²) in [5.74, 6) is 0. The molecular weight excluding hydrogens is 246 g/mol. The molecule has 0 spiro atoms. The molecule has 0 rings (SSSR count). The Labute approximate surface area is 86.2 Å². The van der Waals surface area contributed by atoms with E-state index in [4.69, 9.17) is 46.4 Å². The lowest BCUT2D eigenvalue weighted by Gasteiger charge is -1.99. The van der Waals surface area contributed by atoms with Crippen LogP contribution in [0.3, 0.4) is 0 Å². The van der Waals surface area contributed by atoms with Crippen molar-refractivity contribution in [3.63, 3.8) is 0 Å². The Hall–Kier alpha value is 1.59. The SMILES string of the molecule is ClC(Cl)[SiH2]CC[SiH2]C(Cl)Cl. The van der Waals surface area contributed by atoms with Gasteiger partial charge in [0, 0.05) is 0 Å². The maximum atomic E-state index is 5.57. The molecule has 10 heavy (non-hydrogen) atoms. The Bertz CT molecular complexity index is 67.7. The van der Waals surface area contributed by atoms with Gasteiger partial charge < -0.3 is 0 Å². The van der Waals surface area contributed by atoms with E-state index in [0.717, 1.165) is 0 Å². The smallest absolute Gasteiger partial charge is 0.0907 e. The largest absolute Gasteiger partial charge is 0.110 e. The van der Waals surface area contributed by atoms with E-state index in [9.17, 15) is 0 Å². The Morgan fingerprint density at radius 2 is 1.10 bits per heavy atom. The summed E-state index contributed by atoms with van der Waals surface area (Å²) in [7, 11) is -0.497. The summed E-state index contributed by atoms with van der Waals surface area (Å²) in [5.41, 5.74) is 0. The zero-order chi connectivity index (χ0) is 7.98. The predicted molar refractivity (Wildman–Crippen MR) is 57.7 cm³/mol. The number of halogens is 4. The minimum atomic E-state index is -0.249. The first-order chi connectivity index (χ1) is 4.63. The molecule has 0 aromatic carbocycles. The summed E-state index contributed by atoms with van der Waals surface area (Å²) in [6, 6.07) is 2.39. The highest BCUT2D eigenvalue weighted by atomic mass is 35.5. The first-order valence-corrected chi connectivity index (χ1v) is 8.57.